The zero-order valence-electron chi connectivity index (χ0n) is 10.8. The van der Waals surface area contributed by atoms with Crippen LogP contribution in [0, 0.1) is 0 Å². The van der Waals surface area contributed by atoms with E-state index in [-0.39, 0.29) is 0 Å². The highest BCUT2D eigenvalue weighted by atomic mass is 16.5. The summed E-state index contributed by atoms with van der Waals surface area (Å²) in [5, 5.41) is 15.0. The summed E-state index contributed by atoms with van der Waals surface area (Å²) in [6.07, 6.45) is 4.10. The standard InChI is InChI=1S/C13H22N2O2/c1-3-11-9-12(15(2)14-11)10-13(16)5-4-7-17-8-6-13/h9,16H,3-8,10H2,1-2H3. The predicted molar refractivity (Wildman–Crippen MR) is 65.9 cm³/mol. The SMILES string of the molecule is CCc1cc(CC2(O)CCCOCC2)n(C)n1. The van der Waals surface area contributed by atoms with Crippen molar-refractivity contribution in [1.29, 1.82) is 0 Å². The quantitative estimate of drug-likeness (QED) is 0.867. The summed E-state index contributed by atoms with van der Waals surface area (Å²) in [6.45, 7) is 3.53. The van der Waals surface area contributed by atoms with Gasteiger partial charge in [0.25, 0.3) is 0 Å². The molecular weight excluding hydrogens is 216 g/mol. The molecule has 1 atom stereocenters. The van der Waals surface area contributed by atoms with E-state index < -0.39 is 5.60 Å². The second-order valence-corrected chi connectivity index (χ2v) is 4.97. The van der Waals surface area contributed by atoms with Crippen molar-refractivity contribution >= 4 is 0 Å². The largest absolute Gasteiger partial charge is 0.389 e. The number of aryl methyl sites for hydroxylation is 2. The molecular formula is C13H22N2O2. The van der Waals surface area contributed by atoms with Crippen molar-refractivity contribution in [1.82, 2.24) is 9.78 Å². The van der Waals surface area contributed by atoms with E-state index in [1.165, 1.54) is 0 Å². The van der Waals surface area contributed by atoms with Crippen molar-refractivity contribution in [3.8, 4) is 0 Å². The van der Waals surface area contributed by atoms with Gasteiger partial charge < -0.3 is 9.84 Å². The molecule has 0 radical (unpaired) electrons. The molecule has 96 valence electrons. The maximum absolute atomic E-state index is 10.6. The number of aliphatic hydroxyl groups is 1. The molecule has 1 saturated heterocycles. The van der Waals surface area contributed by atoms with Crippen LogP contribution in [0.4, 0.5) is 0 Å². The number of hydrogen-bond donors (Lipinski definition) is 1. The summed E-state index contributed by atoms with van der Waals surface area (Å²) in [5.41, 5.74) is 1.59. The van der Waals surface area contributed by atoms with E-state index in [1.54, 1.807) is 0 Å². The van der Waals surface area contributed by atoms with Crippen LogP contribution in [0.2, 0.25) is 0 Å². The molecule has 1 unspecified atom stereocenters. The van der Waals surface area contributed by atoms with Crippen molar-refractivity contribution in [3.63, 3.8) is 0 Å². The summed E-state index contributed by atoms with van der Waals surface area (Å²) in [4.78, 5) is 0. The Morgan fingerprint density at radius 2 is 2.29 bits per heavy atom. The molecule has 0 spiro atoms. The van der Waals surface area contributed by atoms with Gasteiger partial charge in [0.05, 0.1) is 11.3 Å². The van der Waals surface area contributed by atoms with Crippen LogP contribution >= 0.6 is 0 Å². The molecule has 1 aliphatic heterocycles. The van der Waals surface area contributed by atoms with E-state index in [2.05, 4.69) is 18.1 Å². The van der Waals surface area contributed by atoms with Crippen LogP contribution in [0.1, 0.15) is 37.6 Å². The third-order valence-corrected chi connectivity index (χ3v) is 3.54. The fourth-order valence-corrected chi connectivity index (χ4v) is 2.42. The molecule has 2 heterocycles. The molecule has 17 heavy (non-hydrogen) atoms. The number of hydrogen-bond acceptors (Lipinski definition) is 3. The summed E-state index contributed by atoms with van der Waals surface area (Å²) in [6, 6.07) is 2.10. The molecule has 0 aromatic carbocycles. The van der Waals surface area contributed by atoms with Gasteiger partial charge in [-0.05, 0) is 31.7 Å². The molecule has 1 fully saturated rings. The molecule has 2 rings (SSSR count). The number of nitrogens with zero attached hydrogens (tertiary/aromatic N) is 2. The highest BCUT2D eigenvalue weighted by Crippen LogP contribution is 2.25. The molecule has 0 aliphatic carbocycles. The molecule has 1 N–H and O–H groups in total. The first-order chi connectivity index (χ1) is 8.13. The smallest absolute Gasteiger partial charge is 0.0725 e. The molecule has 4 nitrogen and oxygen atoms in total. The van der Waals surface area contributed by atoms with Crippen LogP contribution < -0.4 is 0 Å². The van der Waals surface area contributed by atoms with Crippen molar-refractivity contribution in [2.45, 2.75) is 44.6 Å². The average molecular weight is 238 g/mol. The normalized spacial score (nSPS) is 25.8. The molecule has 0 saturated carbocycles. The maximum atomic E-state index is 10.6. The second kappa shape index (κ2) is 5.19. The number of aromatic nitrogens is 2. The minimum atomic E-state index is -0.616. The highest BCUT2D eigenvalue weighted by molar-refractivity contribution is 5.13. The van der Waals surface area contributed by atoms with Crippen molar-refractivity contribution < 1.29 is 9.84 Å². The minimum absolute atomic E-state index is 0.616. The van der Waals surface area contributed by atoms with Gasteiger partial charge >= 0.3 is 0 Å². The van der Waals surface area contributed by atoms with E-state index >= 15 is 0 Å². The lowest BCUT2D eigenvalue weighted by Crippen LogP contribution is -2.32. The van der Waals surface area contributed by atoms with E-state index in [0.717, 1.165) is 43.7 Å². The maximum Gasteiger partial charge on any atom is 0.0725 e. The molecule has 1 aromatic rings. The first kappa shape index (κ1) is 12.6. The van der Waals surface area contributed by atoms with Gasteiger partial charge in [0.15, 0.2) is 0 Å². The lowest BCUT2D eigenvalue weighted by atomic mass is 9.89. The number of ether oxygens (including phenoxy) is 1. The third-order valence-electron chi connectivity index (χ3n) is 3.54. The van der Waals surface area contributed by atoms with E-state index in [4.69, 9.17) is 4.74 Å². The summed E-state index contributed by atoms with van der Waals surface area (Å²) in [7, 11) is 1.95. The summed E-state index contributed by atoms with van der Waals surface area (Å²) < 4.78 is 7.29. The Balaban J connectivity index is 2.09. The first-order valence-corrected chi connectivity index (χ1v) is 6.45. The Kier molecular flexibility index (Phi) is 3.84. The molecule has 4 heteroatoms. The Bertz CT molecular complexity index is 365. The predicted octanol–water partition coefficient (Wildman–Crippen LogP) is 1.46. The lowest BCUT2D eigenvalue weighted by molar-refractivity contribution is 0.0173. The van der Waals surface area contributed by atoms with E-state index in [1.807, 2.05) is 11.7 Å². The lowest BCUT2D eigenvalue weighted by Gasteiger charge is -2.25. The van der Waals surface area contributed by atoms with Gasteiger partial charge in [-0.25, -0.2) is 0 Å². The van der Waals surface area contributed by atoms with Crippen molar-refractivity contribution in [2.24, 2.45) is 7.05 Å². The van der Waals surface area contributed by atoms with Gasteiger partial charge in [-0.2, -0.15) is 5.10 Å². The van der Waals surface area contributed by atoms with Gasteiger partial charge in [-0.3, -0.25) is 4.68 Å². The summed E-state index contributed by atoms with van der Waals surface area (Å²) in [5.74, 6) is 0. The average Bonchev–Trinajstić information content (AvgIpc) is 2.51. The topological polar surface area (TPSA) is 47.3 Å². The Hall–Kier alpha value is -0.870. The second-order valence-electron chi connectivity index (χ2n) is 4.97. The van der Waals surface area contributed by atoms with Crippen LogP contribution in [-0.4, -0.2) is 33.7 Å². The Morgan fingerprint density at radius 1 is 1.47 bits per heavy atom. The number of rotatable bonds is 3. The monoisotopic (exact) mass is 238 g/mol. The van der Waals surface area contributed by atoms with Crippen LogP contribution in [0.25, 0.3) is 0 Å². The summed E-state index contributed by atoms with van der Waals surface area (Å²) >= 11 is 0. The van der Waals surface area contributed by atoms with Crippen LogP contribution in [0.3, 0.4) is 0 Å². The highest BCUT2D eigenvalue weighted by Gasteiger charge is 2.29. The molecule has 1 aromatic heterocycles. The molecule has 0 bridgehead atoms. The van der Waals surface area contributed by atoms with E-state index in [9.17, 15) is 5.11 Å². The molecule has 1 aliphatic rings. The fraction of sp³-hybridized carbons (Fsp3) is 0.769. The zero-order valence-corrected chi connectivity index (χ0v) is 10.8. The van der Waals surface area contributed by atoms with Crippen molar-refractivity contribution in [3.05, 3.63) is 17.5 Å². The Morgan fingerprint density at radius 3 is 3.00 bits per heavy atom. The third kappa shape index (κ3) is 3.07. The minimum Gasteiger partial charge on any atom is -0.389 e. The van der Waals surface area contributed by atoms with E-state index in [0.29, 0.717) is 13.0 Å². The van der Waals surface area contributed by atoms with Gasteiger partial charge in [0.2, 0.25) is 0 Å². The van der Waals surface area contributed by atoms with Crippen molar-refractivity contribution in [2.75, 3.05) is 13.2 Å². The zero-order chi connectivity index (χ0) is 12.3. The van der Waals surface area contributed by atoms with Crippen LogP contribution in [0.5, 0.6) is 0 Å². The van der Waals surface area contributed by atoms with Gasteiger partial charge in [-0.15, -0.1) is 0 Å². The molecule has 0 amide bonds. The van der Waals surface area contributed by atoms with Gasteiger partial charge in [-0.1, -0.05) is 6.92 Å². The van der Waals surface area contributed by atoms with Crippen LogP contribution in [0.15, 0.2) is 6.07 Å². The van der Waals surface area contributed by atoms with Gasteiger partial charge in [0.1, 0.15) is 0 Å². The van der Waals surface area contributed by atoms with Crippen LogP contribution in [-0.2, 0) is 24.6 Å². The Labute approximate surface area is 103 Å². The fourth-order valence-electron chi connectivity index (χ4n) is 2.42. The van der Waals surface area contributed by atoms with Gasteiger partial charge in [0, 0.05) is 32.4 Å². The first-order valence-electron chi connectivity index (χ1n) is 6.45.